The lowest BCUT2D eigenvalue weighted by molar-refractivity contribution is 0.349. The summed E-state index contributed by atoms with van der Waals surface area (Å²) in [6.45, 7) is 4.95. The van der Waals surface area contributed by atoms with Crippen molar-refractivity contribution in [1.82, 2.24) is 0 Å². The number of nitrogens with two attached hydrogens (primary N) is 1. The summed E-state index contributed by atoms with van der Waals surface area (Å²) in [5.74, 6) is 2.02. The maximum Gasteiger partial charge on any atom is 0.164 e. The second-order valence-electron chi connectivity index (χ2n) is 4.07. The zero-order valence-corrected chi connectivity index (χ0v) is 11.8. The van der Waals surface area contributed by atoms with E-state index in [1.54, 1.807) is 14.2 Å². The summed E-state index contributed by atoms with van der Waals surface area (Å²) in [5.41, 5.74) is 8.07. The standard InChI is InChI=1S/C13H21NO2.ClH/c1-9(2)12-10(7-8-14)5-6-11(15-3)13(12)16-4;/h5-6,9H,7-8,14H2,1-4H3;1H. The highest BCUT2D eigenvalue weighted by atomic mass is 35.5. The molecule has 0 fully saturated rings. The highest BCUT2D eigenvalue weighted by Crippen LogP contribution is 2.38. The van der Waals surface area contributed by atoms with Crippen molar-refractivity contribution in [3.63, 3.8) is 0 Å². The van der Waals surface area contributed by atoms with E-state index in [-0.39, 0.29) is 12.4 Å². The first kappa shape index (κ1) is 16.1. The predicted octanol–water partition coefficient (Wildman–Crippen LogP) is 2.75. The molecule has 98 valence electrons. The van der Waals surface area contributed by atoms with Crippen molar-refractivity contribution in [3.05, 3.63) is 23.3 Å². The lowest BCUT2D eigenvalue weighted by Gasteiger charge is -2.19. The van der Waals surface area contributed by atoms with E-state index in [1.807, 2.05) is 6.07 Å². The van der Waals surface area contributed by atoms with E-state index in [0.717, 1.165) is 17.9 Å². The Morgan fingerprint density at radius 2 is 1.82 bits per heavy atom. The van der Waals surface area contributed by atoms with E-state index in [2.05, 4.69) is 19.9 Å². The maximum absolute atomic E-state index is 5.62. The molecule has 0 amide bonds. The monoisotopic (exact) mass is 259 g/mol. The van der Waals surface area contributed by atoms with Crippen LogP contribution in [0.15, 0.2) is 12.1 Å². The Bertz CT molecular complexity index is 354. The van der Waals surface area contributed by atoms with Crippen molar-refractivity contribution < 1.29 is 9.47 Å². The molecule has 0 saturated heterocycles. The van der Waals surface area contributed by atoms with Crippen LogP contribution in [0.3, 0.4) is 0 Å². The molecule has 0 aromatic heterocycles. The summed E-state index contributed by atoms with van der Waals surface area (Å²) >= 11 is 0. The highest BCUT2D eigenvalue weighted by Gasteiger charge is 2.16. The molecule has 0 radical (unpaired) electrons. The van der Waals surface area contributed by atoms with Crippen LogP contribution in [0.4, 0.5) is 0 Å². The first-order chi connectivity index (χ1) is 7.65. The van der Waals surface area contributed by atoms with Gasteiger partial charge in [0.05, 0.1) is 14.2 Å². The molecular formula is C13H22ClNO2. The van der Waals surface area contributed by atoms with E-state index in [1.165, 1.54) is 11.1 Å². The van der Waals surface area contributed by atoms with Crippen LogP contribution in [0.1, 0.15) is 30.9 Å². The molecule has 0 heterocycles. The van der Waals surface area contributed by atoms with Crippen LogP contribution in [-0.2, 0) is 6.42 Å². The molecule has 0 bridgehead atoms. The van der Waals surface area contributed by atoms with Gasteiger partial charge in [0.25, 0.3) is 0 Å². The Balaban J connectivity index is 0.00000256. The minimum atomic E-state index is 0. The number of rotatable bonds is 5. The topological polar surface area (TPSA) is 44.5 Å². The molecule has 0 aliphatic carbocycles. The third kappa shape index (κ3) is 3.51. The van der Waals surface area contributed by atoms with E-state index in [4.69, 9.17) is 15.2 Å². The summed E-state index contributed by atoms with van der Waals surface area (Å²) in [6.07, 6.45) is 0.869. The molecule has 0 atom stereocenters. The minimum Gasteiger partial charge on any atom is -0.493 e. The second-order valence-corrected chi connectivity index (χ2v) is 4.07. The third-order valence-electron chi connectivity index (χ3n) is 2.67. The quantitative estimate of drug-likeness (QED) is 0.884. The van der Waals surface area contributed by atoms with Gasteiger partial charge in [0.1, 0.15) is 0 Å². The van der Waals surface area contributed by atoms with E-state index in [9.17, 15) is 0 Å². The Labute approximate surface area is 110 Å². The molecule has 0 aliphatic heterocycles. The van der Waals surface area contributed by atoms with Gasteiger partial charge in [-0.3, -0.25) is 0 Å². The second kappa shape index (κ2) is 7.41. The van der Waals surface area contributed by atoms with Gasteiger partial charge in [-0.2, -0.15) is 0 Å². The average Bonchev–Trinajstić information content (AvgIpc) is 2.28. The molecule has 1 rings (SSSR count). The Kier molecular flexibility index (Phi) is 7.00. The number of hydrogen-bond donors (Lipinski definition) is 1. The smallest absolute Gasteiger partial charge is 0.164 e. The summed E-state index contributed by atoms with van der Waals surface area (Å²) in [7, 11) is 3.33. The van der Waals surface area contributed by atoms with Gasteiger partial charge in [-0.25, -0.2) is 0 Å². The van der Waals surface area contributed by atoms with Crippen LogP contribution < -0.4 is 15.2 Å². The van der Waals surface area contributed by atoms with Gasteiger partial charge in [-0.05, 0) is 30.5 Å². The van der Waals surface area contributed by atoms with Crippen molar-refractivity contribution in [2.75, 3.05) is 20.8 Å². The first-order valence-corrected chi connectivity index (χ1v) is 5.59. The zero-order valence-electron chi connectivity index (χ0n) is 10.9. The molecule has 0 spiro atoms. The molecule has 0 saturated carbocycles. The van der Waals surface area contributed by atoms with Gasteiger partial charge < -0.3 is 15.2 Å². The van der Waals surface area contributed by atoms with Crippen LogP contribution >= 0.6 is 12.4 Å². The van der Waals surface area contributed by atoms with Crippen LogP contribution in [0.2, 0.25) is 0 Å². The fourth-order valence-electron chi connectivity index (χ4n) is 2.00. The molecular weight excluding hydrogens is 238 g/mol. The number of benzene rings is 1. The number of methoxy groups -OCH3 is 2. The SMILES string of the molecule is COc1ccc(CCN)c(C(C)C)c1OC.Cl. The fourth-order valence-corrected chi connectivity index (χ4v) is 2.00. The summed E-state index contributed by atoms with van der Waals surface area (Å²) < 4.78 is 10.8. The molecule has 0 aliphatic rings. The summed E-state index contributed by atoms with van der Waals surface area (Å²) in [6, 6.07) is 4.01. The average molecular weight is 260 g/mol. The Morgan fingerprint density at radius 1 is 1.18 bits per heavy atom. The summed E-state index contributed by atoms with van der Waals surface area (Å²) in [4.78, 5) is 0. The maximum atomic E-state index is 5.62. The van der Waals surface area contributed by atoms with Crippen molar-refractivity contribution >= 4 is 12.4 Å². The van der Waals surface area contributed by atoms with Gasteiger partial charge >= 0.3 is 0 Å². The Morgan fingerprint density at radius 3 is 2.24 bits per heavy atom. The van der Waals surface area contributed by atoms with Gasteiger partial charge in [0.15, 0.2) is 11.5 Å². The molecule has 4 heteroatoms. The van der Waals surface area contributed by atoms with Gasteiger partial charge in [-0.1, -0.05) is 19.9 Å². The van der Waals surface area contributed by atoms with Crippen molar-refractivity contribution in [2.24, 2.45) is 5.73 Å². The number of halogens is 1. The normalized spacial score (nSPS) is 10.0. The van der Waals surface area contributed by atoms with Crippen LogP contribution in [0.25, 0.3) is 0 Å². The van der Waals surface area contributed by atoms with Crippen molar-refractivity contribution in [2.45, 2.75) is 26.2 Å². The summed E-state index contributed by atoms with van der Waals surface area (Å²) in [5, 5.41) is 0. The number of ether oxygens (including phenoxy) is 2. The zero-order chi connectivity index (χ0) is 12.1. The molecule has 1 aromatic carbocycles. The predicted molar refractivity (Wildman–Crippen MR) is 73.6 cm³/mol. The van der Waals surface area contributed by atoms with Crippen LogP contribution in [0, 0.1) is 0 Å². The molecule has 2 N–H and O–H groups in total. The molecule has 3 nitrogen and oxygen atoms in total. The molecule has 0 unspecified atom stereocenters. The van der Waals surface area contributed by atoms with Gasteiger partial charge in [0, 0.05) is 5.56 Å². The van der Waals surface area contributed by atoms with Crippen molar-refractivity contribution in [3.8, 4) is 11.5 Å². The fraction of sp³-hybridized carbons (Fsp3) is 0.538. The molecule has 17 heavy (non-hydrogen) atoms. The number of hydrogen-bond acceptors (Lipinski definition) is 3. The van der Waals surface area contributed by atoms with E-state index < -0.39 is 0 Å². The van der Waals surface area contributed by atoms with E-state index in [0.29, 0.717) is 12.5 Å². The minimum absolute atomic E-state index is 0. The van der Waals surface area contributed by atoms with Crippen LogP contribution in [0.5, 0.6) is 11.5 Å². The van der Waals surface area contributed by atoms with E-state index >= 15 is 0 Å². The van der Waals surface area contributed by atoms with Gasteiger partial charge in [0.2, 0.25) is 0 Å². The third-order valence-corrected chi connectivity index (χ3v) is 2.67. The first-order valence-electron chi connectivity index (χ1n) is 5.59. The van der Waals surface area contributed by atoms with Crippen LogP contribution in [-0.4, -0.2) is 20.8 Å². The largest absolute Gasteiger partial charge is 0.493 e. The molecule has 1 aromatic rings. The highest BCUT2D eigenvalue weighted by molar-refractivity contribution is 5.85. The van der Waals surface area contributed by atoms with Gasteiger partial charge in [-0.15, -0.1) is 12.4 Å². The lowest BCUT2D eigenvalue weighted by atomic mass is 9.93. The van der Waals surface area contributed by atoms with Crippen molar-refractivity contribution in [1.29, 1.82) is 0 Å². The Hall–Kier alpha value is -0.930. The lowest BCUT2D eigenvalue weighted by Crippen LogP contribution is -2.08.